The van der Waals surface area contributed by atoms with E-state index in [2.05, 4.69) is 30.6 Å². The number of carbonyl (C=O) groups excluding carboxylic acids is 1. The Kier molecular flexibility index (Phi) is 4.89. The van der Waals surface area contributed by atoms with Crippen molar-refractivity contribution in [3.63, 3.8) is 0 Å². The van der Waals surface area contributed by atoms with Crippen molar-refractivity contribution in [3.8, 4) is 5.88 Å². The zero-order chi connectivity index (χ0) is 17.0. The smallest absolute Gasteiger partial charge is 0.274 e. The van der Waals surface area contributed by atoms with Crippen molar-refractivity contribution in [3.05, 3.63) is 23.8 Å². The first-order valence-electron chi connectivity index (χ1n) is 6.87. The van der Waals surface area contributed by atoms with Gasteiger partial charge in [-0.3, -0.25) is 4.79 Å². The van der Waals surface area contributed by atoms with Crippen LogP contribution in [0.5, 0.6) is 5.88 Å². The standard InChI is InChI=1S/C14H19N7O2/c1-8-6-9(19-14(15-2)18-8)12(22)20-10-11(21(3)4)16-7-17-13(10)23-5/h6-7H,1-5H3,(H,20,22)(H,15,18,19). The van der Waals surface area contributed by atoms with Crippen LogP contribution in [0.3, 0.4) is 0 Å². The van der Waals surface area contributed by atoms with E-state index in [0.717, 1.165) is 0 Å². The van der Waals surface area contributed by atoms with Crippen LogP contribution in [-0.2, 0) is 0 Å². The predicted octanol–water partition coefficient (Wildman–Crippen LogP) is 0.944. The summed E-state index contributed by atoms with van der Waals surface area (Å²) in [5.41, 5.74) is 1.29. The summed E-state index contributed by atoms with van der Waals surface area (Å²) in [6.45, 7) is 1.79. The summed E-state index contributed by atoms with van der Waals surface area (Å²) in [6.07, 6.45) is 1.37. The number of nitrogens with zero attached hydrogens (tertiary/aromatic N) is 5. The van der Waals surface area contributed by atoms with Gasteiger partial charge in [-0.1, -0.05) is 0 Å². The Morgan fingerprint density at radius 3 is 2.61 bits per heavy atom. The number of amides is 1. The number of ether oxygens (including phenoxy) is 1. The minimum Gasteiger partial charge on any atom is -0.479 e. The Hall–Kier alpha value is -2.97. The number of aromatic nitrogens is 4. The van der Waals surface area contributed by atoms with Crippen molar-refractivity contribution in [1.29, 1.82) is 0 Å². The van der Waals surface area contributed by atoms with Crippen LogP contribution in [0.1, 0.15) is 16.2 Å². The fourth-order valence-electron chi connectivity index (χ4n) is 1.94. The number of aryl methyl sites for hydroxylation is 1. The highest BCUT2D eigenvalue weighted by Crippen LogP contribution is 2.30. The molecule has 2 heterocycles. The lowest BCUT2D eigenvalue weighted by Crippen LogP contribution is -2.20. The summed E-state index contributed by atoms with van der Waals surface area (Å²) in [4.78, 5) is 30.8. The molecule has 0 saturated carbocycles. The average molecular weight is 317 g/mol. The van der Waals surface area contributed by atoms with Gasteiger partial charge in [0.1, 0.15) is 17.7 Å². The molecule has 9 nitrogen and oxygen atoms in total. The molecule has 0 aliphatic rings. The van der Waals surface area contributed by atoms with Gasteiger partial charge in [-0.25, -0.2) is 15.0 Å². The van der Waals surface area contributed by atoms with Crippen LogP contribution in [-0.4, -0.2) is 54.1 Å². The van der Waals surface area contributed by atoms with Crippen LogP contribution in [0.25, 0.3) is 0 Å². The van der Waals surface area contributed by atoms with Crippen LogP contribution in [0.15, 0.2) is 12.4 Å². The molecule has 9 heteroatoms. The van der Waals surface area contributed by atoms with Crippen LogP contribution >= 0.6 is 0 Å². The molecule has 0 aliphatic carbocycles. The van der Waals surface area contributed by atoms with Gasteiger partial charge >= 0.3 is 0 Å². The molecule has 0 aromatic carbocycles. The molecule has 0 unspecified atom stereocenters. The van der Waals surface area contributed by atoms with Gasteiger partial charge in [0.25, 0.3) is 5.91 Å². The van der Waals surface area contributed by atoms with Crippen LogP contribution in [0, 0.1) is 6.92 Å². The first kappa shape index (κ1) is 16.4. The van der Waals surface area contributed by atoms with E-state index in [-0.39, 0.29) is 11.6 Å². The predicted molar refractivity (Wildman–Crippen MR) is 87.2 cm³/mol. The van der Waals surface area contributed by atoms with Crippen LogP contribution in [0.2, 0.25) is 0 Å². The van der Waals surface area contributed by atoms with Gasteiger partial charge in [0.2, 0.25) is 11.8 Å². The number of hydrogen-bond donors (Lipinski definition) is 2. The summed E-state index contributed by atoms with van der Waals surface area (Å²) in [7, 11) is 6.79. The van der Waals surface area contributed by atoms with E-state index >= 15 is 0 Å². The minimum atomic E-state index is -0.400. The SMILES string of the molecule is CNc1nc(C)cc(C(=O)Nc2c(OC)ncnc2N(C)C)n1. The molecule has 2 rings (SSSR count). The maximum Gasteiger partial charge on any atom is 0.274 e. The van der Waals surface area contributed by atoms with Gasteiger partial charge in [-0.15, -0.1) is 0 Å². The highest BCUT2D eigenvalue weighted by molar-refractivity contribution is 6.05. The van der Waals surface area contributed by atoms with Crippen molar-refractivity contribution in [2.75, 3.05) is 43.8 Å². The zero-order valence-corrected chi connectivity index (χ0v) is 13.7. The lowest BCUT2D eigenvalue weighted by molar-refractivity contribution is 0.102. The van der Waals surface area contributed by atoms with Gasteiger partial charge in [0, 0.05) is 26.8 Å². The quantitative estimate of drug-likeness (QED) is 0.839. The fourth-order valence-corrected chi connectivity index (χ4v) is 1.94. The summed E-state index contributed by atoms with van der Waals surface area (Å²) < 4.78 is 5.20. The fraction of sp³-hybridized carbons (Fsp3) is 0.357. The second-order valence-corrected chi connectivity index (χ2v) is 4.90. The van der Waals surface area contributed by atoms with Crippen molar-refractivity contribution in [1.82, 2.24) is 19.9 Å². The molecular weight excluding hydrogens is 298 g/mol. The summed E-state index contributed by atoms with van der Waals surface area (Å²) in [5.74, 6) is 0.781. The summed E-state index contributed by atoms with van der Waals surface area (Å²) in [6, 6.07) is 1.60. The molecule has 0 fully saturated rings. The Labute approximate surface area is 134 Å². The van der Waals surface area contributed by atoms with E-state index in [9.17, 15) is 4.79 Å². The molecule has 1 amide bonds. The highest BCUT2D eigenvalue weighted by Gasteiger charge is 2.19. The molecule has 0 radical (unpaired) electrons. The Morgan fingerprint density at radius 2 is 2.00 bits per heavy atom. The number of hydrogen-bond acceptors (Lipinski definition) is 8. The van der Waals surface area contributed by atoms with Crippen molar-refractivity contribution >= 4 is 23.4 Å². The van der Waals surface area contributed by atoms with E-state index in [1.165, 1.54) is 13.4 Å². The largest absolute Gasteiger partial charge is 0.479 e. The first-order valence-corrected chi connectivity index (χ1v) is 6.87. The molecular formula is C14H19N7O2. The highest BCUT2D eigenvalue weighted by atomic mass is 16.5. The van der Waals surface area contributed by atoms with E-state index in [1.54, 1.807) is 24.9 Å². The molecule has 2 aromatic heterocycles. The van der Waals surface area contributed by atoms with E-state index in [1.807, 2.05) is 14.1 Å². The maximum atomic E-state index is 12.5. The van der Waals surface area contributed by atoms with Crippen LogP contribution < -0.4 is 20.3 Å². The monoisotopic (exact) mass is 317 g/mol. The topological polar surface area (TPSA) is 105 Å². The first-order chi connectivity index (χ1) is 11.0. The molecule has 0 spiro atoms. The Balaban J connectivity index is 2.39. The normalized spacial score (nSPS) is 10.1. The van der Waals surface area contributed by atoms with E-state index in [0.29, 0.717) is 23.1 Å². The molecule has 122 valence electrons. The third kappa shape index (κ3) is 3.62. The molecule has 2 aromatic rings. The van der Waals surface area contributed by atoms with Crippen molar-refractivity contribution in [2.24, 2.45) is 0 Å². The van der Waals surface area contributed by atoms with Crippen molar-refractivity contribution in [2.45, 2.75) is 6.92 Å². The molecule has 0 bridgehead atoms. The lowest BCUT2D eigenvalue weighted by Gasteiger charge is -2.17. The molecule has 0 aliphatic heterocycles. The molecule has 0 atom stereocenters. The van der Waals surface area contributed by atoms with Gasteiger partial charge in [0.15, 0.2) is 5.82 Å². The van der Waals surface area contributed by atoms with Gasteiger partial charge < -0.3 is 20.3 Å². The third-order valence-corrected chi connectivity index (χ3v) is 2.96. The molecule has 0 saturated heterocycles. The zero-order valence-electron chi connectivity index (χ0n) is 13.7. The van der Waals surface area contributed by atoms with Gasteiger partial charge in [-0.05, 0) is 13.0 Å². The van der Waals surface area contributed by atoms with Gasteiger partial charge in [-0.2, -0.15) is 4.98 Å². The second-order valence-electron chi connectivity index (χ2n) is 4.90. The summed E-state index contributed by atoms with van der Waals surface area (Å²) >= 11 is 0. The molecule has 2 N–H and O–H groups in total. The maximum absolute atomic E-state index is 12.5. The summed E-state index contributed by atoms with van der Waals surface area (Å²) in [5, 5.41) is 5.58. The lowest BCUT2D eigenvalue weighted by atomic mass is 10.3. The van der Waals surface area contributed by atoms with E-state index < -0.39 is 5.91 Å². The van der Waals surface area contributed by atoms with Crippen LogP contribution in [0.4, 0.5) is 17.5 Å². The minimum absolute atomic E-state index is 0.234. The Morgan fingerprint density at radius 1 is 1.26 bits per heavy atom. The third-order valence-electron chi connectivity index (χ3n) is 2.96. The van der Waals surface area contributed by atoms with Crippen molar-refractivity contribution < 1.29 is 9.53 Å². The number of nitrogens with one attached hydrogen (secondary N) is 2. The average Bonchev–Trinajstić information content (AvgIpc) is 2.54. The second kappa shape index (κ2) is 6.86. The van der Waals surface area contributed by atoms with E-state index in [4.69, 9.17) is 4.74 Å². The van der Waals surface area contributed by atoms with Gasteiger partial charge in [0.05, 0.1) is 7.11 Å². The molecule has 23 heavy (non-hydrogen) atoms. The Bertz CT molecular complexity index is 718. The number of rotatable bonds is 5. The number of methoxy groups -OCH3 is 1. The number of carbonyl (C=O) groups is 1. The number of anilines is 3.